The second-order valence-corrected chi connectivity index (χ2v) is 8.69. The molecule has 1 spiro atoms. The van der Waals surface area contributed by atoms with Gasteiger partial charge in [0, 0.05) is 39.1 Å². The van der Waals surface area contributed by atoms with Crippen LogP contribution in [0.5, 0.6) is 0 Å². The fraction of sp³-hybridized carbons (Fsp3) is 0.273. The number of hydrogen-bond acceptors (Lipinski definition) is 2. The number of fused-ring (bicyclic) bond motifs is 6. The van der Waals surface area contributed by atoms with Gasteiger partial charge in [0.1, 0.15) is 0 Å². The minimum atomic E-state index is -1.17. The number of aromatic amines is 1. The van der Waals surface area contributed by atoms with E-state index in [1.54, 1.807) is 4.90 Å². The highest BCUT2D eigenvalue weighted by atomic mass is 79.9. The highest BCUT2D eigenvalue weighted by Crippen LogP contribution is 2.50. The van der Waals surface area contributed by atoms with Crippen LogP contribution in [-0.4, -0.2) is 28.2 Å². The van der Waals surface area contributed by atoms with E-state index in [1.165, 1.54) is 0 Å². The molecule has 2 aliphatic heterocycles. The number of rotatable bonds is 1. The minimum absolute atomic E-state index is 0.0210. The fourth-order valence-corrected chi connectivity index (χ4v) is 5.02. The summed E-state index contributed by atoms with van der Waals surface area (Å²) >= 11 is 3.54. The Morgan fingerprint density at radius 2 is 2.00 bits per heavy atom. The standard InChI is InChI=1S/C22H20BrN3O2/c1-12(2)20(27)26-10-9-15-14-5-3-4-6-17(14)24-19(15)22(26)16-11-13(23)7-8-18(16)25-21(22)28/h3-8,11-12,24H,9-10H2,1-2H3,(H,25,28)/t22-/m0/s1. The first-order valence-corrected chi connectivity index (χ1v) is 10.3. The average Bonchev–Trinajstić information content (AvgIpc) is 3.19. The van der Waals surface area contributed by atoms with E-state index < -0.39 is 5.54 Å². The van der Waals surface area contributed by atoms with Crippen LogP contribution in [0.25, 0.3) is 10.9 Å². The van der Waals surface area contributed by atoms with Gasteiger partial charge in [-0.25, -0.2) is 0 Å². The Morgan fingerprint density at radius 3 is 2.79 bits per heavy atom. The number of aromatic nitrogens is 1. The monoisotopic (exact) mass is 437 g/mol. The van der Waals surface area contributed by atoms with Gasteiger partial charge in [-0.2, -0.15) is 0 Å². The van der Waals surface area contributed by atoms with E-state index in [0.717, 1.165) is 44.3 Å². The van der Waals surface area contributed by atoms with E-state index in [0.29, 0.717) is 6.54 Å². The van der Waals surface area contributed by atoms with E-state index in [9.17, 15) is 9.59 Å². The predicted octanol–water partition coefficient (Wildman–Crippen LogP) is 4.17. The molecule has 3 aromatic rings. The number of nitrogens with one attached hydrogen (secondary N) is 2. The van der Waals surface area contributed by atoms with Crippen molar-refractivity contribution in [2.24, 2.45) is 5.92 Å². The van der Waals surface area contributed by atoms with Crippen molar-refractivity contribution < 1.29 is 9.59 Å². The third-order valence-electron chi connectivity index (χ3n) is 5.87. The number of benzene rings is 2. The molecule has 1 aromatic heterocycles. The zero-order valence-electron chi connectivity index (χ0n) is 15.7. The number of H-pyrrole nitrogens is 1. The highest BCUT2D eigenvalue weighted by Gasteiger charge is 2.58. The molecule has 2 aromatic carbocycles. The molecule has 2 aliphatic rings. The lowest BCUT2D eigenvalue weighted by molar-refractivity contribution is -0.146. The van der Waals surface area contributed by atoms with Crippen LogP contribution >= 0.6 is 15.9 Å². The summed E-state index contributed by atoms with van der Waals surface area (Å²) in [5.41, 5.74) is 3.30. The summed E-state index contributed by atoms with van der Waals surface area (Å²) in [7, 11) is 0. The second kappa shape index (κ2) is 5.95. The summed E-state index contributed by atoms with van der Waals surface area (Å²) in [5, 5.41) is 4.14. The molecule has 0 unspecified atom stereocenters. The van der Waals surface area contributed by atoms with Crippen molar-refractivity contribution in [2.75, 3.05) is 11.9 Å². The Hall–Kier alpha value is -2.60. The van der Waals surface area contributed by atoms with E-state index in [4.69, 9.17) is 0 Å². The van der Waals surface area contributed by atoms with E-state index in [1.807, 2.05) is 50.2 Å². The molecule has 5 rings (SSSR count). The molecule has 3 heterocycles. The molecule has 0 saturated carbocycles. The van der Waals surface area contributed by atoms with Crippen LogP contribution in [0.2, 0.25) is 0 Å². The van der Waals surface area contributed by atoms with Crippen LogP contribution in [0.3, 0.4) is 0 Å². The van der Waals surface area contributed by atoms with Crippen molar-refractivity contribution in [3.05, 3.63) is 63.8 Å². The van der Waals surface area contributed by atoms with Gasteiger partial charge in [-0.3, -0.25) is 9.59 Å². The number of para-hydroxylation sites is 1. The molecule has 0 bridgehead atoms. The van der Waals surface area contributed by atoms with Gasteiger partial charge in [-0.1, -0.05) is 48.0 Å². The lowest BCUT2D eigenvalue weighted by Gasteiger charge is -2.44. The fourth-order valence-electron chi connectivity index (χ4n) is 4.66. The Labute approximate surface area is 171 Å². The number of anilines is 1. The van der Waals surface area contributed by atoms with Crippen molar-refractivity contribution in [2.45, 2.75) is 25.8 Å². The Balaban J connectivity index is 1.88. The molecule has 6 heteroatoms. The summed E-state index contributed by atoms with van der Waals surface area (Å²) in [6, 6.07) is 13.8. The molecule has 0 aliphatic carbocycles. The number of nitrogens with zero attached hydrogens (tertiary/aromatic N) is 1. The third kappa shape index (κ3) is 2.12. The minimum Gasteiger partial charge on any atom is -0.355 e. The molecular weight excluding hydrogens is 418 g/mol. The quantitative estimate of drug-likeness (QED) is 0.599. The van der Waals surface area contributed by atoms with Gasteiger partial charge in [0.25, 0.3) is 5.91 Å². The van der Waals surface area contributed by atoms with Crippen LogP contribution in [0.4, 0.5) is 5.69 Å². The summed E-state index contributed by atoms with van der Waals surface area (Å²) in [6.45, 7) is 4.27. The topological polar surface area (TPSA) is 65.2 Å². The molecule has 0 fully saturated rings. The summed E-state index contributed by atoms with van der Waals surface area (Å²) in [4.78, 5) is 32.1. The maximum absolute atomic E-state index is 13.6. The lowest BCUT2D eigenvalue weighted by Crippen LogP contribution is -2.58. The molecule has 0 radical (unpaired) electrons. The summed E-state index contributed by atoms with van der Waals surface area (Å²) in [6.07, 6.45) is 0.718. The van der Waals surface area contributed by atoms with Crippen LogP contribution in [-0.2, 0) is 21.5 Å². The smallest absolute Gasteiger partial charge is 0.261 e. The number of hydrogen-bond donors (Lipinski definition) is 2. The van der Waals surface area contributed by atoms with Gasteiger partial charge in [-0.15, -0.1) is 0 Å². The van der Waals surface area contributed by atoms with Gasteiger partial charge in [0.2, 0.25) is 5.91 Å². The van der Waals surface area contributed by atoms with E-state index in [2.05, 4.69) is 32.3 Å². The molecule has 2 N–H and O–H groups in total. The Bertz CT molecular complexity index is 1150. The molecular formula is C22H20BrN3O2. The highest BCUT2D eigenvalue weighted by molar-refractivity contribution is 9.10. The maximum atomic E-state index is 13.6. The van der Waals surface area contributed by atoms with Gasteiger partial charge in [0.05, 0.1) is 5.69 Å². The first-order chi connectivity index (χ1) is 13.4. The van der Waals surface area contributed by atoms with Gasteiger partial charge in [-0.05, 0) is 36.2 Å². The number of carbonyl (C=O) groups excluding carboxylic acids is 2. The molecule has 1 atom stereocenters. The van der Waals surface area contributed by atoms with Crippen LogP contribution in [0.15, 0.2) is 46.9 Å². The van der Waals surface area contributed by atoms with Crippen LogP contribution < -0.4 is 5.32 Å². The van der Waals surface area contributed by atoms with Gasteiger partial charge < -0.3 is 15.2 Å². The van der Waals surface area contributed by atoms with Gasteiger partial charge in [0.15, 0.2) is 5.54 Å². The Morgan fingerprint density at radius 1 is 1.21 bits per heavy atom. The molecule has 5 nitrogen and oxygen atoms in total. The maximum Gasteiger partial charge on any atom is 0.261 e. The zero-order valence-corrected chi connectivity index (χ0v) is 17.3. The molecule has 142 valence electrons. The molecule has 28 heavy (non-hydrogen) atoms. The van der Waals surface area contributed by atoms with Crippen molar-refractivity contribution in [3.63, 3.8) is 0 Å². The van der Waals surface area contributed by atoms with Crippen molar-refractivity contribution in [3.8, 4) is 0 Å². The lowest BCUT2D eigenvalue weighted by atomic mass is 9.79. The third-order valence-corrected chi connectivity index (χ3v) is 6.37. The summed E-state index contributed by atoms with van der Waals surface area (Å²) in [5.74, 6) is -0.402. The first kappa shape index (κ1) is 17.5. The first-order valence-electron chi connectivity index (χ1n) is 9.47. The predicted molar refractivity (Wildman–Crippen MR) is 112 cm³/mol. The normalized spacial score (nSPS) is 20.6. The van der Waals surface area contributed by atoms with E-state index in [-0.39, 0.29) is 17.7 Å². The molecule has 0 saturated heterocycles. The number of carbonyl (C=O) groups is 2. The molecule has 2 amide bonds. The van der Waals surface area contributed by atoms with Crippen molar-refractivity contribution >= 4 is 44.3 Å². The van der Waals surface area contributed by atoms with Crippen molar-refractivity contribution in [1.82, 2.24) is 9.88 Å². The zero-order chi connectivity index (χ0) is 19.6. The van der Waals surface area contributed by atoms with Crippen LogP contribution in [0, 0.1) is 5.92 Å². The van der Waals surface area contributed by atoms with Crippen LogP contribution in [0.1, 0.15) is 30.7 Å². The average molecular weight is 438 g/mol. The summed E-state index contributed by atoms with van der Waals surface area (Å²) < 4.78 is 0.877. The number of amides is 2. The van der Waals surface area contributed by atoms with E-state index >= 15 is 0 Å². The Kier molecular flexibility index (Phi) is 3.72. The number of halogens is 1. The van der Waals surface area contributed by atoms with Crippen molar-refractivity contribution in [1.29, 1.82) is 0 Å². The largest absolute Gasteiger partial charge is 0.355 e. The SMILES string of the molecule is CC(C)C(=O)N1CCc2c([nH]c3ccccc23)[C@@]12C(=O)Nc1ccc(Br)cc12. The second-order valence-electron chi connectivity index (χ2n) is 7.77. The van der Waals surface area contributed by atoms with Gasteiger partial charge >= 0.3 is 0 Å².